The van der Waals surface area contributed by atoms with Gasteiger partial charge in [0.1, 0.15) is 0 Å². The van der Waals surface area contributed by atoms with Crippen LogP contribution in [0.5, 0.6) is 5.88 Å². The number of amides is 2. The van der Waals surface area contributed by atoms with Crippen molar-refractivity contribution in [2.24, 2.45) is 0 Å². The summed E-state index contributed by atoms with van der Waals surface area (Å²) in [5, 5.41) is 7.35. The van der Waals surface area contributed by atoms with E-state index in [4.69, 9.17) is 4.74 Å². The molecule has 8 heteroatoms. The van der Waals surface area contributed by atoms with Crippen LogP contribution in [0.2, 0.25) is 0 Å². The van der Waals surface area contributed by atoms with E-state index in [1.54, 1.807) is 36.4 Å². The predicted octanol–water partition coefficient (Wildman–Crippen LogP) is 3.38. The third-order valence-electron chi connectivity index (χ3n) is 6.26. The van der Waals surface area contributed by atoms with Crippen molar-refractivity contribution in [3.8, 4) is 5.88 Å². The van der Waals surface area contributed by atoms with Crippen LogP contribution in [0.4, 0.5) is 5.69 Å². The maximum Gasteiger partial charge on any atom is 0.278 e. The molecule has 0 aliphatic carbocycles. The number of ether oxygens (including phenoxy) is 1. The first-order valence-electron chi connectivity index (χ1n) is 10.9. The van der Waals surface area contributed by atoms with Gasteiger partial charge in [-0.2, -0.15) is 5.10 Å². The van der Waals surface area contributed by atoms with E-state index >= 15 is 0 Å². The summed E-state index contributed by atoms with van der Waals surface area (Å²) in [5.74, 6) is 0.267. The number of benzene rings is 1. The van der Waals surface area contributed by atoms with Gasteiger partial charge in [0.25, 0.3) is 11.8 Å². The van der Waals surface area contributed by atoms with Gasteiger partial charge in [0.2, 0.25) is 5.88 Å². The minimum absolute atomic E-state index is 0.0826. The van der Waals surface area contributed by atoms with E-state index in [-0.39, 0.29) is 17.9 Å². The number of para-hydroxylation sites is 1. The number of piperidine rings is 1. The van der Waals surface area contributed by atoms with E-state index < -0.39 is 0 Å². The Morgan fingerprint density at radius 3 is 2.78 bits per heavy atom. The molecular formula is C24H25N5O3. The van der Waals surface area contributed by atoms with Crippen molar-refractivity contribution in [1.82, 2.24) is 20.1 Å². The number of fused-ring (bicyclic) bond motifs is 1. The minimum Gasteiger partial charge on any atom is -0.481 e. The Hall–Kier alpha value is -3.68. The van der Waals surface area contributed by atoms with E-state index in [1.165, 1.54) is 5.56 Å². The number of aromatic nitrogens is 3. The smallest absolute Gasteiger partial charge is 0.278 e. The van der Waals surface area contributed by atoms with Gasteiger partial charge in [0.05, 0.1) is 24.4 Å². The molecule has 1 unspecified atom stereocenters. The summed E-state index contributed by atoms with van der Waals surface area (Å²) < 4.78 is 5.09. The van der Waals surface area contributed by atoms with Crippen LogP contribution in [0.15, 0.2) is 48.7 Å². The molecule has 2 aromatic heterocycles. The molecule has 1 N–H and O–H groups in total. The summed E-state index contributed by atoms with van der Waals surface area (Å²) in [4.78, 5) is 34.1. The number of hydrogen-bond donors (Lipinski definition) is 1. The molecule has 2 amide bonds. The zero-order valence-corrected chi connectivity index (χ0v) is 18.0. The number of anilines is 1. The van der Waals surface area contributed by atoms with Crippen molar-refractivity contribution >= 4 is 17.5 Å². The number of nitrogens with zero attached hydrogens (tertiary/aromatic N) is 4. The van der Waals surface area contributed by atoms with E-state index in [9.17, 15) is 9.59 Å². The molecule has 0 saturated carbocycles. The summed E-state index contributed by atoms with van der Waals surface area (Å²) in [6.07, 6.45) is 5.16. The van der Waals surface area contributed by atoms with Crippen LogP contribution in [0.1, 0.15) is 57.4 Å². The van der Waals surface area contributed by atoms with Gasteiger partial charge in [0, 0.05) is 31.0 Å². The van der Waals surface area contributed by atoms with Crippen LogP contribution in [0.25, 0.3) is 0 Å². The fraction of sp³-hybridized carbons (Fsp3) is 0.333. The number of methoxy groups -OCH3 is 1. The van der Waals surface area contributed by atoms with Gasteiger partial charge >= 0.3 is 0 Å². The zero-order valence-electron chi connectivity index (χ0n) is 18.0. The molecule has 5 rings (SSSR count). The van der Waals surface area contributed by atoms with Gasteiger partial charge in [-0.1, -0.05) is 18.2 Å². The Bertz CT molecular complexity index is 1140. The van der Waals surface area contributed by atoms with E-state index in [1.807, 2.05) is 23.1 Å². The number of carbonyl (C=O) groups excluding carboxylic acids is 2. The van der Waals surface area contributed by atoms with E-state index in [0.29, 0.717) is 30.2 Å². The molecule has 164 valence electrons. The molecule has 2 aliphatic heterocycles. The first-order chi connectivity index (χ1) is 15.7. The SMILES string of the molecule is COc1ccc(C(=O)N2CCCCC2c2cc(C(=O)N3CCc4ccccc43)n[nH]2)cn1. The van der Waals surface area contributed by atoms with Crippen molar-refractivity contribution < 1.29 is 14.3 Å². The van der Waals surface area contributed by atoms with Gasteiger partial charge in [0.15, 0.2) is 5.69 Å². The van der Waals surface area contributed by atoms with Gasteiger partial charge in [-0.25, -0.2) is 4.98 Å². The largest absolute Gasteiger partial charge is 0.481 e. The second kappa shape index (κ2) is 8.45. The molecular weight excluding hydrogens is 406 g/mol. The third-order valence-corrected chi connectivity index (χ3v) is 6.26. The lowest BCUT2D eigenvalue weighted by Crippen LogP contribution is -2.38. The van der Waals surface area contributed by atoms with Crippen LogP contribution in [0.3, 0.4) is 0 Å². The van der Waals surface area contributed by atoms with Crippen molar-refractivity contribution in [3.05, 3.63) is 71.2 Å². The monoisotopic (exact) mass is 431 g/mol. The second-order valence-corrected chi connectivity index (χ2v) is 8.14. The normalized spacial score (nSPS) is 17.8. The highest BCUT2D eigenvalue weighted by atomic mass is 16.5. The number of aromatic amines is 1. The van der Waals surface area contributed by atoms with Crippen LogP contribution in [-0.2, 0) is 6.42 Å². The average molecular weight is 431 g/mol. The van der Waals surface area contributed by atoms with Crippen molar-refractivity contribution in [1.29, 1.82) is 0 Å². The lowest BCUT2D eigenvalue weighted by molar-refractivity contribution is 0.0605. The average Bonchev–Trinajstić information content (AvgIpc) is 3.51. The molecule has 3 aromatic rings. The molecule has 1 atom stereocenters. The summed E-state index contributed by atoms with van der Waals surface area (Å²) in [6, 6.07) is 13.0. The fourth-order valence-corrected chi connectivity index (χ4v) is 4.60. The van der Waals surface area contributed by atoms with Crippen molar-refractivity contribution in [2.75, 3.05) is 25.1 Å². The fourth-order valence-electron chi connectivity index (χ4n) is 4.60. The van der Waals surface area contributed by atoms with Gasteiger partial charge < -0.3 is 14.5 Å². The maximum absolute atomic E-state index is 13.2. The Kier molecular flexibility index (Phi) is 5.34. The minimum atomic E-state index is -0.154. The quantitative estimate of drug-likeness (QED) is 0.684. The van der Waals surface area contributed by atoms with Crippen LogP contribution in [-0.4, -0.2) is 52.1 Å². The number of pyridine rings is 1. The third kappa shape index (κ3) is 3.62. The number of carbonyl (C=O) groups is 2. The number of rotatable bonds is 4. The molecule has 1 aromatic carbocycles. The topological polar surface area (TPSA) is 91.4 Å². The number of likely N-dealkylation sites (tertiary alicyclic amines) is 1. The molecule has 2 aliphatic rings. The van der Waals surface area contributed by atoms with Gasteiger partial charge in [-0.3, -0.25) is 14.7 Å². The number of hydrogen-bond acceptors (Lipinski definition) is 5. The molecule has 1 fully saturated rings. The Morgan fingerprint density at radius 2 is 1.97 bits per heavy atom. The molecule has 4 heterocycles. The highest BCUT2D eigenvalue weighted by molar-refractivity contribution is 6.06. The summed E-state index contributed by atoms with van der Waals surface area (Å²) in [7, 11) is 1.54. The Morgan fingerprint density at radius 1 is 1.09 bits per heavy atom. The first kappa shape index (κ1) is 20.2. The van der Waals surface area contributed by atoms with Crippen molar-refractivity contribution in [2.45, 2.75) is 31.7 Å². The molecule has 8 nitrogen and oxygen atoms in total. The summed E-state index contributed by atoms with van der Waals surface area (Å²) in [5.41, 5.74) is 3.80. The van der Waals surface area contributed by atoms with Crippen LogP contribution < -0.4 is 9.64 Å². The predicted molar refractivity (Wildman–Crippen MR) is 119 cm³/mol. The standard InChI is InChI=1S/C24H25N5O3/c1-32-22-10-9-17(15-25-22)23(30)28-12-5-4-8-21(28)18-14-19(27-26-18)24(31)29-13-11-16-6-2-3-7-20(16)29/h2-3,6-7,9-10,14-15,21H,4-5,8,11-13H2,1H3,(H,26,27). The molecule has 0 spiro atoms. The Labute approximate surface area is 186 Å². The second-order valence-electron chi connectivity index (χ2n) is 8.14. The zero-order chi connectivity index (χ0) is 22.1. The van der Waals surface area contributed by atoms with Gasteiger partial charge in [-0.15, -0.1) is 0 Å². The van der Waals surface area contributed by atoms with E-state index in [2.05, 4.69) is 21.2 Å². The first-order valence-corrected chi connectivity index (χ1v) is 10.9. The highest BCUT2D eigenvalue weighted by Gasteiger charge is 2.32. The lowest BCUT2D eigenvalue weighted by Gasteiger charge is -2.35. The lowest BCUT2D eigenvalue weighted by atomic mass is 9.98. The van der Waals surface area contributed by atoms with E-state index in [0.717, 1.165) is 37.1 Å². The van der Waals surface area contributed by atoms with Crippen LogP contribution in [0, 0.1) is 0 Å². The molecule has 0 bridgehead atoms. The Balaban J connectivity index is 1.37. The van der Waals surface area contributed by atoms with Crippen LogP contribution >= 0.6 is 0 Å². The number of nitrogens with one attached hydrogen (secondary N) is 1. The highest BCUT2D eigenvalue weighted by Crippen LogP contribution is 2.33. The maximum atomic E-state index is 13.2. The van der Waals surface area contributed by atoms with Crippen molar-refractivity contribution in [3.63, 3.8) is 0 Å². The molecule has 1 saturated heterocycles. The summed E-state index contributed by atoms with van der Waals surface area (Å²) >= 11 is 0. The molecule has 0 radical (unpaired) electrons. The number of H-pyrrole nitrogens is 1. The van der Waals surface area contributed by atoms with Gasteiger partial charge in [-0.05, 0) is 49.4 Å². The molecule has 32 heavy (non-hydrogen) atoms. The summed E-state index contributed by atoms with van der Waals surface area (Å²) in [6.45, 7) is 1.30.